The Labute approximate surface area is 162 Å². The van der Waals surface area contributed by atoms with E-state index >= 15 is 0 Å². The van der Waals surface area contributed by atoms with Crippen LogP contribution in [0.1, 0.15) is 10.4 Å². The number of pyridine rings is 1. The van der Waals surface area contributed by atoms with Crippen LogP contribution in [-0.4, -0.2) is 31.4 Å². The third-order valence-electron chi connectivity index (χ3n) is 4.01. The van der Waals surface area contributed by atoms with E-state index in [0.717, 1.165) is 16.5 Å². The normalized spacial score (nSPS) is 11.7. The van der Waals surface area contributed by atoms with Gasteiger partial charge in [0, 0.05) is 30.4 Å². The molecule has 0 saturated carbocycles. The number of halogens is 1. The zero-order valence-electron chi connectivity index (χ0n) is 14.7. The molecule has 5 nitrogen and oxygen atoms in total. The number of thiophene rings is 1. The minimum Gasteiger partial charge on any atom is -0.495 e. The molecule has 0 amide bonds. The minimum absolute atomic E-state index is 0.115. The molecule has 0 aliphatic carbocycles. The summed E-state index contributed by atoms with van der Waals surface area (Å²) in [5.74, 6) is -0.516. The fourth-order valence-corrected chi connectivity index (χ4v) is 4.95. The van der Waals surface area contributed by atoms with Gasteiger partial charge in [-0.25, -0.2) is 12.8 Å². The molecule has 2 aromatic heterocycles. The van der Waals surface area contributed by atoms with Gasteiger partial charge in [-0.05, 0) is 47.7 Å². The van der Waals surface area contributed by atoms with Gasteiger partial charge in [0.2, 0.25) is 10.0 Å². The number of aromatic nitrogens is 1. The standard InChI is InChI=1S/C19H19FN2O3S2/c1-25-18-7-6-16(20)12-19(18)27(23,24)22(10-8-17-5-3-11-26-17)14-15-4-2-9-21-13-15/h2-7,9,11-13H,8,10,14H2,1H3. The van der Waals surface area contributed by atoms with Crippen LogP contribution in [0.25, 0.3) is 0 Å². The highest BCUT2D eigenvalue weighted by Gasteiger charge is 2.28. The Morgan fingerprint density at radius 2 is 2.07 bits per heavy atom. The summed E-state index contributed by atoms with van der Waals surface area (Å²) in [7, 11) is -2.61. The molecular weight excluding hydrogens is 387 g/mol. The maximum Gasteiger partial charge on any atom is 0.247 e. The molecular formula is C19H19FN2O3S2. The monoisotopic (exact) mass is 406 g/mol. The Balaban J connectivity index is 1.95. The van der Waals surface area contributed by atoms with E-state index in [1.165, 1.54) is 23.5 Å². The molecule has 8 heteroatoms. The number of benzene rings is 1. The molecule has 1 aromatic carbocycles. The molecule has 0 radical (unpaired) electrons. The van der Waals surface area contributed by atoms with Gasteiger partial charge in [0.1, 0.15) is 16.5 Å². The van der Waals surface area contributed by atoms with Gasteiger partial charge >= 0.3 is 0 Å². The van der Waals surface area contributed by atoms with Crippen LogP contribution in [0.2, 0.25) is 0 Å². The molecule has 0 saturated heterocycles. The van der Waals surface area contributed by atoms with Gasteiger partial charge in [0.05, 0.1) is 7.11 Å². The lowest BCUT2D eigenvalue weighted by molar-refractivity contribution is 0.385. The lowest BCUT2D eigenvalue weighted by Gasteiger charge is -2.23. The van der Waals surface area contributed by atoms with Gasteiger partial charge in [0.15, 0.2) is 0 Å². The van der Waals surface area contributed by atoms with Crippen molar-refractivity contribution in [2.24, 2.45) is 0 Å². The van der Waals surface area contributed by atoms with Gasteiger partial charge in [-0.1, -0.05) is 12.1 Å². The second-order valence-electron chi connectivity index (χ2n) is 5.82. The van der Waals surface area contributed by atoms with Crippen molar-refractivity contribution in [1.82, 2.24) is 9.29 Å². The summed E-state index contributed by atoms with van der Waals surface area (Å²) >= 11 is 1.57. The number of hydrogen-bond acceptors (Lipinski definition) is 5. The molecule has 0 atom stereocenters. The predicted molar refractivity (Wildman–Crippen MR) is 103 cm³/mol. The zero-order chi connectivity index (χ0) is 19.3. The van der Waals surface area contributed by atoms with Crippen molar-refractivity contribution in [3.05, 3.63) is 76.5 Å². The maximum atomic E-state index is 13.8. The van der Waals surface area contributed by atoms with Crippen molar-refractivity contribution >= 4 is 21.4 Å². The van der Waals surface area contributed by atoms with E-state index in [4.69, 9.17) is 4.74 Å². The summed E-state index contributed by atoms with van der Waals surface area (Å²) in [4.78, 5) is 4.94. The van der Waals surface area contributed by atoms with E-state index < -0.39 is 15.8 Å². The average Bonchev–Trinajstić information content (AvgIpc) is 3.19. The first kappa shape index (κ1) is 19.5. The molecule has 0 spiro atoms. The second kappa shape index (κ2) is 8.60. The van der Waals surface area contributed by atoms with Gasteiger partial charge in [0.25, 0.3) is 0 Å². The van der Waals surface area contributed by atoms with Crippen LogP contribution in [0.4, 0.5) is 4.39 Å². The summed E-state index contributed by atoms with van der Waals surface area (Å²) in [6.45, 7) is 0.401. The van der Waals surface area contributed by atoms with Crippen molar-refractivity contribution in [3.63, 3.8) is 0 Å². The number of nitrogens with zero attached hydrogens (tertiary/aromatic N) is 2. The maximum absolute atomic E-state index is 13.8. The van der Waals surface area contributed by atoms with E-state index in [1.54, 1.807) is 29.8 Å². The first-order valence-corrected chi connectivity index (χ1v) is 10.6. The van der Waals surface area contributed by atoms with Crippen molar-refractivity contribution in [3.8, 4) is 5.75 Å². The minimum atomic E-state index is -3.97. The molecule has 0 aliphatic heterocycles. The topological polar surface area (TPSA) is 59.5 Å². The van der Waals surface area contributed by atoms with Crippen LogP contribution >= 0.6 is 11.3 Å². The van der Waals surface area contributed by atoms with Gasteiger partial charge < -0.3 is 4.74 Å². The smallest absolute Gasteiger partial charge is 0.247 e. The number of sulfonamides is 1. The van der Waals surface area contributed by atoms with Crippen LogP contribution < -0.4 is 4.74 Å². The third-order valence-corrected chi connectivity index (χ3v) is 6.82. The van der Waals surface area contributed by atoms with Gasteiger partial charge in [-0.2, -0.15) is 4.31 Å². The Kier molecular flexibility index (Phi) is 6.20. The van der Waals surface area contributed by atoms with Crippen molar-refractivity contribution in [2.75, 3.05) is 13.7 Å². The van der Waals surface area contributed by atoms with E-state index in [9.17, 15) is 12.8 Å². The van der Waals surface area contributed by atoms with Crippen LogP contribution in [0.15, 0.2) is 65.1 Å². The van der Waals surface area contributed by atoms with Crippen LogP contribution in [0.5, 0.6) is 5.75 Å². The van der Waals surface area contributed by atoms with E-state index in [0.29, 0.717) is 6.42 Å². The van der Waals surface area contributed by atoms with Crippen LogP contribution in [0.3, 0.4) is 0 Å². The molecule has 0 aliphatic rings. The van der Waals surface area contributed by atoms with Gasteiger partial charge in [-0.15, -0.1) is 11.3 Å². The predicted octanol–water partition coefficient (Wildman–Crippen LogP) is 3.72. The molecule has 27 heavy (non-hydrogen) atoms. The number of hydrogen-bond donors (Lipinski definition) is 0. The molecule has 0 N–H and O–H groups in total. The molecule has 3 rings (SSSR count). The fourth-order valence-electron chi connectivity index (χ4n) is 2.66. The summed E-state index contributed by atoms with van der Waals surface area (Å²) in [6, 6.07) is 10.9. The summed E-state index contributed by atoms with van der Waals surface area (Å²) in [6.07, 6.45) is 3.81. The van der Waals surface area contributed by atoms with E-state index in [1.807, 2.05) is 23.6 Å². The molecule has 142 valence electrons. The van der Waals surface area contributed by atoms with Gasteiger partial charge in [-0.3, -0.25) is 4.98 Å². The number of ether oxygens (including phenoxy) is 1. The summed E-state index contributed by atoms with van der Waals surface area (Å²) in [5.41, 5.74) is 0.752. The van der Waals surface area contributed by atoms with Crippen molar-refractivity contribution in [2.45, 2.75) is 17.9 Å². The Hall–Kier alpha value is -2.29. The fraction of sp³-hybridized carbons (Fsp3) is 0.211. The van der Waals surface area contributed by atoms with Crippen molar-refractivity contribution in [1.29, 1.82) is 0 Å². The number of methoxy groups -OCH3 is 1. The van der Waals surface area contributed by atoms with Crippen molar-refractivity contribution < 1.29 is 17.5 Å². The Morgan fingerprint density at radius 1 is 1.22 bits per heavy atom. The molecule has 0 bridgehead atoms. The Bertz CT molecular complexity index is 977. The molecule has 2 heterocycles. The molecule has 3 aromatic rings. The highest BCUT2D eigenvalue weighted by molar-refractivity contribution is 7.89. The third kappa shape index (κ3) is 4.71. The lowest BCUT2D eigenvalue weighted by atomic mass is 10.3. The number of rotatable bonds is 8. The molecule has 0 unspecified atom stereocenters. The highest BCUT2D eigenvalue weighted by Crippen LogP contribution is 2.29. The highest BCUT2D eigenvalue weighted by atomic mass is 32.2. The summed E-state index contributed by atoms with van der Waals surface area (Å²) in [5, 5.41) is 1.95. The van der Waals surface area contributed by atoms with Crippen LogP contribution in [0, 0.1) is 5.82 Å². The van der Waals surface area contributed by atoms with Crippen LogP contribution in [-0.2, 0) is 23.0 Å². The second-order valence-corrected chi connectivity index (χ2v) is 8.76. The quantitative estimate of drug-likeness (QED) is 0.572. The SMILES string of the molecule is COc1ccc(F)cc1S(=O)(=O)N(CCc1cccs1)Cc1cccnc1. The first-order valence-electron chi connectivity index (χ1n) is 8.25. The van der Waals surface area contributed by atoms with E-state index in [-0.39, 0.29) is 23.7 Å². The van der Waals surface area contributed by atoms with E-state index in [2.05, 4.69) is 4.98 Å². The first-order chi connectivity index (χ1) is 13.0. The zero-order valence-corrected chi connectivity index (χ0v) is 16.3. The molecule has 0 fully saturated rings. The average molecular weight is 407 g/mol. The lowest BCUT2D eigenvalue weighted by Crippen LogP contribution is -2.33. The largest absolute Gasteiger partial charge is 0.495 e. The summed E-state index contributed by atoms with van der Waals surface area (Å²) < 4.78 is 46.8. The Morgan fingerprint density at radius 3 is 2.74 bits per heavy atom.